The highest BCUT2D eigenvalue weighted by molar-refractivity contribution is 9.11. The number of hydrogen-bond acceptors (Lipinski definition) is 4. The molecule has 2 N–H and O–H groups in total. The summed E-state index contributed by atoms with van der Waals surface area (Å²) in [7, 11) is -3.69. The van der Waals surface area contributed by atoms with Crippen molar-refractivity contribution in [3.8, 4) is 0 Å². The third kappa shape index (κ3) is 4.26. The molecule has 2 rings (SSSR count). The summed E-state index contributed by atoms with van der Waals surface area (Å²) in [6.07, 6.45) is -0.370. The number of nitrogens with one attached hydrogen (secondary N) is 1. The predicted molar refractivity (Wildman–Crippen MR) is 82.6 cm³/mol. The topological polar surface area (TPSA) is 92.7 Å². The normalized spacial score (nSPS) is 22.4. The van der Waals surface area contributed by atoms with Crippen LogP contribution in [0.1, 0.15) is 12.8 Å². The minimum absolute atomic E-state index is 0.0467. The molecule has 0 aliphatic carbocycles. The third-order valence-electron chi connectivity index (χ3n) is 3.07. The fourth-order valence-corrected chi connectivity index (χ4v) is 4.57. The van der Waals surface area contributed by atoms with E-state index in [-0.39, 0.29) is 11.4 Å². The monoisotopic (exact) mass is 441 g/mol. The van der Waals surface area contributed by atoms with E-state index in [1.54, 1.807) is 12.1 Å². The highest BCUT2D eigenvalue weighted by atomic mass is 79.9. The zero-order valence-corrected chi connectivity index (χ0v) is 14.7. The van der Waals surface area contributed by atoms with Crippen molar-refractivity contribution in [1.29, 1.82) is 0 Å². The second-order valence-electron chi connectivity index (χ2n) is 4.59. The molecule has 1 aromatic rings. The summed E-state index contributed by atoms with van der Waals surface area (Å²) in [6, 6.07) is 4.84. The molecule has 0 amide bonds. The highest BCUT2D eigenvalue weighted by Crippen LogP contribution is 2.26. The van der Waals surface area contributed by atoms with Crippen molar-refractivity contribution in [2.75, 3.05) is 6.54 Å². The smallest absolute Gasteiger partial charge is 0.332 e. The first kappa shape index (κ1) is 16.9. The van der Waals surface area contributed by atoms with E-state index < -0.39 is 28.2 Å². The van der Waals surface area contributed by atoms with Crippen molar-refractivity contribution in [2.45, 2.75) is 29.9 Å². The first-order chi connectivity index (χ1) is 9.79. The van der Waals surface area contributed by atoms with Crippen molar-refractivity contribution < 1.29 is 23.1 Å². The van der Waals surface area contributed by atoms with Crippen LogP contribution in [0.25, 0.3) is 0 Å². The summed E-state index contributed by atoms with van der Waals surface area (Å²) in [5.41, 5.74) is 0. The van der Waals surface area contributed by atoms with Crippen molar-refractivity contribution in [1.82, 2.24) is 4.72 Å². The van der Waals surface area contributed by atoms with Crippen LogP contribution >= 0.6 is 31.9 Å². The van der Waals surface area contributed by atoms with Gasteiger partial charge in [-0.25, -0.2) is 17.9 Å². The summed E-state index contributed by atoms with van der Waals surface area (Å²) in [5.74, 6) is -1.02. The maximum Gasteiger partial charge on any atom is 0.332 e. The minimum atomic E-state index is -3.69. The van der Waals surface area contributed by atoms with Crippen molar-refractivity contribution in [2.24, 2.45) is 0 Å². The van der Waals surface area contributed by atoms with Crippen LogP contribution in [0.15, 0.2) is 32.0 Å². The second kappa shape index (κ2) is 6.74. The van der Waals surface area contributed by atoms with Crippen molar-refractivity contribution in [3.05, 3.63) is 27.1 Å². The Morgan fingerprint density at radius 3 is 2.71 bits per heavy atom. The van der Waals surface area contributed by atoms with Gasteiger partial charge in [0.25, 0.3) is 0 Å². The number of rotatable bonds is 5. The van der Waals surface area contributed by atoms with Crippen LogP contribution in [-0.2, 0) is 19.6 Å². The van der Waals surface area contributed by atoms with Crippen LogP contribution in [0.2, 0.25) is 0 Å². The number of sulfonamides is 1. The van der Waals surface area contributed by atoms with Crippen LogP contribution < -0.4 is 4.72 Å². The van der Waals surface area contributed by atoms with Gasteiger partial charge in [0.1, 0.15) is 0 Å². The first-order valence-electron chi connectivity index (χ1n) is 6.12. The average Bonchev–Trinajstić information content (AvgIpc) is 2.88. The number of ether oxygens (including phenoxy) is 1. The van der Waals surface area contributed by atoms with Gasteiger partial charge in [-0.1, -0.05) is 15.9 Å². The maximum absolute atomic E-state index is 12.2. The lowest BCUT2D eigenvalue weighted by Gasteiger charge is -2.13. The molecule has 1 heterocycles. The number of carboxylic acids is 1. The summed E-state index contributed by atoms with van der Waals surface area (Å²) in [4.78, 5) is 10.9. The predicted octanol–water partition coefficient (Wildman–Crippen LogP) is 2.12. The van der Waals surface area contributed by atoms with Crippen molar-refractivity contribution >= 4 is 47.9 Å². The van der Waals surface area contributed by atoms with E-state index >= 15 is 0 Å². The van der Waals surface area contributed by atoms with Gasteiger partial charge in [-0.15, -0.1) is 0 Å². The van der Waals surface area contributed by atoms with Gasteiger partial charge < -0.3 is 9.84 Å². The minimum Gasteiger partial charge on any atom is -0.479 e. The van der Waals surface area contributed by atoms with Crippen LogP contribution in [0.5, 0.6) is 0 Å². The summed E-state index contributed by atoms with van der Waals surface area (Å²) in [5, 5.41) is 8.83. The number of aliphatic carboxylic acids is 1. The molecule has 1 aliphatic rings. The lowest BCUT2D eigenvalue weighted by atomic mass is 10.2. The standard InChI is InChI=1S/C12H13Br2NO5S/c13-7-1-3-9(14)11(5-7)21(18,19)15-6-8-2-4-10(20-8)12(16)17/h1,3,5,8,10,15H,2,4,6H2,(H,16,17). The molecule has 21 heavy (non-hydrogen) atoms. The SMILES string of the molecule is O=C(O)C1CCC(CNS(=O)(=O)c2cc(Br)ccc2Br)O1. The van der Waals surface area contributed by atoms with E-state index in [0.717, 1.165) is 0 Å². The molecule has 0 saturated carbocycles. The molecule has 116 valence electrons. The quantitative estimate of drug-likeness (QED) is 0.728. The summed E-state index contributed by atoms with van der Waals surface area (Å²) < 4.78 is 33.3. The van der Waals surface area contributed by atoms with Crippen LogP contribution in [0.3, 0.4) is 0 Å². The van der Waals surface area contributed by atoms with Crippen LogP contribution in [-0.4, -0.2) is 38.2 Å². The molecule has 0 radical (unpaired) electrons. The molecule has 1 aliphatic heterocycles. The van der Waals surface area contributed by atoms with Gasteiger partial charge in [-0.3, -0.25) is 0 Å². The Balaban J connectivity index is 2.02. The number of benzene rings is 1. The first-order valence-corrected chi connectivity index (χ1v) is 9.19. The van der Waals surface area contributed by atoms with Gasteiger partial charge in [0.05, 0.1) is 11.0 Å². The Labute approximate surface area is 139 Å². The molecule has 1 aromatic carbocycles. The van der Waals surface area contributed by atoms with Gasteiger partial charge >= 0.3 is 5.97 Å². The van der Waals surface area contributed by atoms with E-state index in [1.807, 2.05) is 0 Å². The van der Waals surface area contributed by atoms with Gasteiger partial charge in [0.15, 0.2) is 6.10 Å². The number of carbonyl (C=O) groups is 1. The number of halogens is 2. The second-order valence-corrected chi connectivity index (χ2v) is 8.09. The van der Waals surface area contributed by atoms with Crippen LogP contribution in [0, 0.1) is 0 Å². The Hall–Kier alpha value is -0.480. The fraction of sp³-hybridized carbons (Fsp3) is 0.417. The Bertz CT molecular complexity index is 649. The van der Waals surface area contributed by atoms with E-state index in [1.165, 1.54) is 6.07 Å². The van der Waals surface area contributed by atoms with Gasteiger partial charge in [-0.05, 0) is 47.0 Å². The summed E-state index contributed by atoms with van der Waals surface area (Å²) in [6.45, 7) is 0.0467. The van der Waals surface area contributed by atoms with Gasteiger partial charge in [0.2, 0.25) is 10.0 Å². The van der Waals surface area contributed by atoms with E-state index in [0.29, 0.717) is 21.8 Å². The molecular formula is C12H13Br2NO5S. The lowest BCUT2D eigenvalue weighted by Crippen LogP contribution is -2.33. The highest BCUT2D eigenvalue weighted by Gasteiger charge is 2.31. The lowest BCUT2D eigenvalue weighted by molar-refractivity contribution is -0.149. The van der Waals surface area contributed by atoms with Gasteiger partial charge in [-0.2, -0.15) is 0 Å². The third-order valence-corrected chi connectivity index (χ3v) is 5.98. The largest absolute Gasteiger partial charge is 0.479 e. The van der Waals surface area contributed by atoms with E-state index in [4.69, 9.17) is 9.84 Å². The zero-order chi connectivity index (χ0) is 15.6. The average molecular weight is 443 g/mol. The van der Waals surface area contributed by atoms with Gasteiger partial charge in [0, 0.05) is 15.5 Å². The molecule has 0 spiro atoms. The summed E-state index contributed by atoms with van der Waals surface area (Å²) >= 11 is 6.43. The molecule has 1 saturated heterocycles. The number of carboxylic acid groups (broad SMARTS) is 1. The molecule has 2 atom stereocenters. The van der Waals surface area contributed by atoms with Crippen molar-refractivity contribution in [3.63, 3.8) is 0 Å². The molecule has 2 unspecified atom stereocenters. The molecule has 9 heteroatoms. The fourth-order valence-electron chi connectivity index (χ4n) is 2.00. The maximum atomic E-state index is 12.2. The molecule has 0 bridgehead atoms. The Morgan fingerprint density at radius 1 is 1.38 bits per heavy atom. The van der Waals surface area contributed by atoms with Crippen LogP contribution in [0.4, 0.5) is 0 Å². The Kier molecular flexibility index (Phi) is 5.42. The van der Waals surface area contributed by atoms with E-state index in [9.17, 15) is 13.2 Å². The Morgan fingerprint density at radius 2 is 2.10 bits per heavy atom. The molecular weight excluding hydrogens is 430 g/mol. The molecule has 6 nitrogen and oxygen atoms in total. The molecule has 0 aromatic heterocycles. The number of hydrogen-bond donors (Lipinski definition) is 2. The zero-order valence-electron chi connectivity index (χ0n) is 10.8. The molecule has 1 fully saturated rings. The van der Waals surface area contributed by atoms with E-state index in [2.05, 4.69) is 36.6 Å².